The molecule has 2 aromatic rings. The fraction of sp³-hybridized carbons (Fsp3) is 0.444. The number of carbonyl (C=O) groups excluding carboxylic acids is 1. The van der Waals surface area contributed by atoms with E-state index in [0.717, 1.165) is 17.5 Å². The Morgan fingerprint density at radius 2 is 1.92 bits per heavy atom. The van der Waals surface area contributed by atoms with Gasteiger partial charge >= 0.3 is 0 Å². The Kier molecular flexibility index (Phi) is 5.15. The fourth-order valence-electron chi connectivity index (χ4n) is 3.35. The standard InChI is InChI=1S/C18H24N4O3S/c1-14(15-4-6-16(7-5-15)22-13-3-10-20-22)21-17(23)18(26(2,24)25)8-11-19-12-9-18/h3-7,10,13-14,19H,8-9,11-12H2,1-2H3,(H,21,23). The third kappa shape index (κ3) is 3.52. The first-order chi connectivity index (χ1) is 12.3. The number of carbonyl (C=O) groups is 1. The van der Waals surface area contributed by atoms with Crippen LogP contribution in [0.3, 0.4) is 0 Å². The smallest absolute Gasteiger partial charge is 0.242 e. The molecule has 2 N–H and O–H groups in total. The van der Waals surface area contributed by atoms with Gasteiger partial charge in [-0.25, -0.2) is 13.1 Å². The predicted octanol–water partition coefficient (Wildman–Crippen LogP) is 1.22. The van der Waals surface area contributed by atoms with E-state index in [0.29, 0.717) is 25.9 Å². The summed E-state index contributed by atoms with van der Waals surface area (Å²) in [5, 5.41) is 10.2. The molecule has 1 aliphatic rings. The molecule has 1 fully saturated rings. The molecule has 1 unspecified atom stereocenters. The number of hydrogen-bond acceptors (Lipinski definition) is 5. The number of benzene rings is 1. The number of amides is 1. The average molecular weight is 376 g/mol. The van der Waals surface area contributed by atoms with Crippen LogP contribution in [0.1, 0.15) is 31.4 Å². The van der Waals surface area contributed by atoms with Crippen LogP contribution in [-0.2, 0) is 14.6 Å². The van der Waals surface area contributed by atoms with Crippen molar-refractivity contribution in [2.75, 3.05) is 19.3 Å². The molecule has 8 heteroatoms. The molecule has 0 saturated carbocycles. The largest absolute Gasteiger partial charge is 0.348 e. The van der Waals surface area contributed by atoms with E-state index in [4.69, 9.17) is 0 Å². The number of nitrogens with zero attached hydrogens (tertiary/aromatic N) is 2. The molecule has 1 aromatic heterocycles. The van der Waals surface area contributed by atoms with Crippen LogP contribution in [0.5, 0.6) is 0 Å². The van der Waals surface area contributed by atoms with Crippen molar-refractivity contribution in [3.8, 4) is 5.69 Å². The van der Waals surface area contributed by atoms with Gasteiger partial charge in [-0.3, -0.25) is 4.79 Å². The summed E-state index contributed by atoms with van der Waals surface area (Å²) in [6.45, 7) is 2.90. The van der Waals surface area contributed by atoms with Gasteiger partial charge < -0.3 is 10.6 Å². The molecule has 3 rings (SSSR count). The molecule has 7 nitrogen and oxygen atoms in total. The van der Waals surface area contributed by atoms with Gasteiger partial charge in [0, 0.05) is 18.6 Å². The second kappa shape index (κ2) is 7.20. The van der Waals surface area contributed by atoms with Crippen molar-refractivity contribution >= 4 is 15.7 Å². The van der Waals surface area contributed by atoms with E-state index in [1.807, 2.05) is 43.5 Å². The Labute approximate surface area is 153 Å². The highest BCUT2D eigenvalue weighted by molar-refractivity contribution is 7.92. The van der Waals surface area contributed by atoms with E-state index in [2.05, 4.69) is 15.7 Å². The minimum Gasteiger partial charge on any atom is -0.348 e. The second-order valence-corrected chi connectivity index (χ2v) is 9.08. The summed E-state index contributed by atoms with van der Waals surface area (Å²) in [5.41, 5.74) is 1.83. The van der Waals surface area contributed by atoms with Crippen molar-refractivity contribution in [2.24, 2.45) is 0 Å². The summed E-state index contributed by atoms with van der Waals surface area (Å²) >= 11 is 0. The lowest BCUT2D eigenvalue weighted by Crippen LogP contribution is -2.57. The molecule has 1 saturated heterocycles. The van der Waals surface area contributed by atoms with Crippen molar-refractivity contribution < 1.29 is 13.2 Å². The van der Waals surface area contributed by atoms with Crippen LogP contribution in [0.2, 0.25) is 0 Å². The number of rotatable bonds is 5. The Hall–Kier alpha value is -2.19. The summed E-state index contributed by atoms with van der Waals surface area (Å²) < 4.78 is 25.1. The first kappa shape index (κ1) is 18.6. The molecule has 140 valence electrons. The molecular formula is C18H24N4O3S. The maximum absolute atomic E-state index is 12.9. The highest BCUT2D eigenvalue weighted by atomic mass is 32.2. The normalized spacial score (nSPS) is 18.2. The van der Waals surface area contributed by atoms with E-state index in [1.54, 1.807) is 10.9 Å². The first-order valence-corrected chi connectivity index (χ1v) is 10.5. The van der Waals surface area contributed by atoms with Crippen LogP contribution < -0.4 is 10.6 Å². The second-order valence-electron chi connectivity index (χ2n) is 6.75. The molecular weight excluding hydrogens is 352 g/mol. The van der Waals surface area contributed by atoms with Crippen LogP contribution in [0.15, 0.2) is 42.7 Å². The molecule has 0 aliphatic carbocycles. The quantitative estimate of drug-likeness (QED) is 0.818. The Bertz CT molecular complexity index is 854. The molecule has 1 amide bonds. The number of nitrogens with one attached hydrogen (secondary N) is 2. The molecule has 26 heavy (non-hydrogen) atoms. The predicted molar refractivity (Wildman–Crippen MR) is 99.8 cm³/mol. The monoisotopic (exact) mass is 376 g/mol. The minimum atomic E-state index is -3.51. The summed E-state index contributed by atoms with van der Waals surface area (Å²) in [5.74, 6) is -0.412. The van der Waals surface area contributed by atoms with Crippen LogP contribution in [0.25, 0.3) is 5.69 Å². The Morgan fingerprint density at radius 1 is 1.27 bits per heavy atom. The maximum atomic E-state index is 12.9. The zero-order valence-corrected chi connectivity index (χ0v) is 15.8. The highest BCUT2D eigenvalue weighted by Gasteiger charge is 2.48. The van der Waals surface area contributed by atoms with Crippen LogP contribution >= 0.6 is 0 Å². The zero-order chi connectivity index (χ0) is 18.8. The maximum Gasteiger partial charge on any atom is 0.242 e. The molecule has 0 bridgehead atoms. The van der Waals surface area contributed by atoms with Crippen LogP contribution in [0.4, 0.5) is 0 Å². The lowest BCUT2D eigenvalue weighted by atomic mass is 9.95. The van der Waals surface area contributed by atoms with Gasteiger partial charge in [0.2, 0.25) is 5.91 Å². The number of hydrogen-bond donors (Lipinski definition) is 2. The number of sulfone groups is 1. The number of piperidine rings is 1. The summed E-state index contributed by atoms with van der Waals surface area (Å²) in [6.07, 6.45) is 5.31. The van der Waals surface area contributed by atoms with E-state index < -0.39 is 20.5 Å². The minimum absolute atomic E-state index is 0.289. The van der Waals surface area contributed by atoms with Gasteiger partial charge in [-0.05, 0) is 56.6 Å². The summed E-state index contributed by atoms with van der Waals surface area (Å²) in [4.78, 5) is 12.9. The van der Waals surface area contributed by atoms with Gasteiger partial charge in [0.25, 0.3) is 0 Å². The van der Waals surface area contributed by atoms with Crippen molar-refractivity contribution in [1.82, 2.24) is 20.4 Å². The van der Waals surface area contributed by atoms with Gasteiger partial charge in [-0.2, -0.15) is 5.10 Å². The van der Waals surface area contributed by atoms with Crippen molar-refractivity contribution in [1.29, 1.82) is 0 Å². The Balaban J connectivity index is 1.76. The molecule has 0 radical (unpaired) electrons. The highest BCUT2D eigenvalue weighted by Crippen LogP contribution is 2.29. The topological polar surface area (TPSA) is 93.1 Å². The molecule has 0 spiro atoms. The van der Waals surface area contributed by atoms with Crippen LogP contribution in [0, 0.1) is 0 Å². The third-order valence-corrected chi connectivity index (χ3v) is 7.06. The van der Waals surface area contributed by atoms with E-state index in [9.17, 15) is 13.2 Å². The SMILES string of the molecule is CC(NC(=O)C1(S(C)(=O)=O)CCNCC1)c1ccc(-n2cccn2)cc1. The van der Waals surface area contributed by atoms with Gasteiger partial charge in [-0.1, -0.05) is 12.1 Å². The van der Waals surface area contributed by atoms with E-state index >= 15 is 0 Å². The molecule has 1 atom stereocenters. The third-order valence-electron chi connectivity index (χ3n) is 5.04. The molecule has 1 aromatic carbocycles. The van der Waals surface area contributed by atoms with Crippen molar-refractivity contribution in [3.63, 3.8) is 0 Å². The molecule has 1 aliphatic heterocycles. The lowest BCUT2D eigenvalue weighted by Gasteiger charge is -2.35. The first-order valence-electron chi connectivity index (χ1n) is 8.65. The van der Waals surface area contributed by atoms with Crippen molar-refractivity contribution in [2.45, 2.75) is 30.6 Å². The fourth-order valence-corrected chi connectivity index (χ4v) is 4.69. The van der Waals surface area contributed by atoms with E-state index in [1.165, 1.54) is 0 Å². The lowest BCUT2D eigenvalue weighted by molar-refractivity contribution is -0.125. The van der Waals surface area contributed by atoms with E-state index in [-0.39, 0.29) is 6.04 Å². The van der Waals surface area contributed by atoms with Gasteiger partial charge in [-0.15, -0.1) is 0 Å². The summed E-state index contributed by atoms with van der Waals surface area (Å²) in [6, 6.07) is 9.22. The van der Waals surface area contributed by atoms with Gasteiger partial charge in [0.05, 0.1) is 11.7 Å². The zero-order valence-electron chi connectivity index (χ0n) is 15.0. The van der Waals surface area contributed by atoms with Gasteiger partial charge in [0.1, 0.15) is 0 Å². The number of aromatic nitrogens is 2. The average Bonchev–Trinajstić information content (AvgIpc) is 3.16. The van der Waals surface area contributed by atoms with Crippen LogP contribution in [-0.4, -0.2) is 48.2 Å². The van der Waals surface area contributed by atoms with Crippen molar-refractivity contribution in [3.05, 3.63) is 48.3 Å². The van der Waals surface area contributed by atoms with Gasteiger partial charge in [0.15, 0.2) is 14.6 Å². The Morgan fingerprint density at radius 3 is 2.46 bits per heavy atom. The summed E-state index contributed by atoms with van der Waals surface area (Å²) in [7, 11) is -3.51. The molecule has 2 heterocycles.